The first-order valence-electron chi connectivity index (χ1n) is 8.99. The van der Waals surface area contributed by atoms with E-state index < -0.39 is 0 Å². The Hall–Kier alpha value is -1.19. The second-order valence-corrected chi connectivity index (χ2v) is 6.21. The molecule has 0 unspecified atom stereocenters. The van der Waals surface area contributed by atoms with Gasteiger partial charge in [-0.3, -0.25) is 4.79 Å². The standard InChI is InChI=1S/C20H33NO2/c1-4-7-11-18(6-3)20(12-9-10-13-20)19(22)17-21-14-16-23-15-8-5-2/h4,6-7,11,21H,3,5,8-10,12-17H2,1-2H3/b7-4-,18-11+. The van der Waals surface area contributed by atoms with Crippen LogP contribution < -0.4 is 5.32 Å². The molecule has 1 rings (SSSR count). The average Bonchev–Trinajstić information content (AvgIpc) is 3.05. The van der Waals surface area contributed by atoms with Crippen molar-refractivity contribution < 1.29 is 9.53 Å². The third-order valence-electron chi connectivity index (χ3n) is 4.58. The summed E-state index contributed by atoms with van der Waals surface area (Å²) >= 11 is 0. The summed E-state index contributed by atoms with van der Waals surface area (Å²) in [7, 11) is 0. The zero-order valence-electron chi connectivity index (χ0n) is 14.9. The molecule has 0 aromatic carbocycles. The number of ether oxygens (including phenoxy) is 1. The number of ketones is 1. The summed E-state index contributed by atoms with van der Waals surface area (Å²) in [6.07, 6.45) is 14.3. The van der Waals surface area contributed by atoms with Crippen molar-refractivity contribution in [1.82, 2.24) is 5.32 Å². The molecule has 3 nitrogen and oxygen atoms in total. The summed E-state index contributed by atoms with van der Waals surface area (Å²) in [5.74, 6) is 0.291. The number of unbranched alkanes of at least 4 members (excludes halogenated alkanes) is 1. The molecule has 0 aromatic heterocycles. The second-order valence-electron chi connectivity index (χ2n) is 6.21. The van der Waals surface area contributed by atoms with E-state index in [1.54, 1.807) is 0 Å². The smallest absolute Gasteiger partial charge is 0.157 e. The summed E-state index contributed by atoms with van der Waals surface area (Å²) < 4.78 is 5.52. The van der Waals surface area contributed by atoms with E-state index in [1.807, 2.05) is 31.2 Å². The minimum Gasteiger partial charge on any atom is -0.380 e. The molecular formula is C20H33NO2. The first kappa shape index (κ1) is 19.9. The van der Waals surface area contributed by atoms with Crippen LogP contribution >= 0.6 is 0 Å². The van der Waals surface area contributed by atoms with Gasteiger partial charge in [-0.2, -0.15) is 0 Å². The highest BCUT2D eigenvalue weighted by atomic mass is 16.5. The summed E-state index contributed by atoms with van der Waals surface area (Å²) in [6.45, 7) is 10.7. The summed E-state index contributed by atoms with van der Waals surface area (Å²) in [6, 6.07) is 0. The first-order valence-corrected chi connectivity index (χ1v) is 8.99. The van der Waals surface area contributed by atoms with E-state index in [1.165, 1.54) is 0 Å². The van der Waals surface area contributed by atoms with Crippen molar-refractivity contribution in [1.29, 1.82) is 0 Å². The lowest BCUT2D eigenvalue weighted by Crippen LogP contribution is -2.38. The Balaban J connectivity index is 2.53. The number of nitrogens with one attached hydrogen (secondary N) is 1. The van der Waals surface area contributed by atoms with Crippen LogP contribution in [0.25, 0.3) is 0 Å². The normalized spacial score (nSPS) is 17.7. The van der Waals surface area contributed by atoms with E-state index in [0.29, 0.717) is 18.9 Å². The fourth-order valence-corrected chi connectivity index (χ4v) is 3.19. The SMILES string of the molecule is C=C/C(=C\C=C/C)C1(C(=O)CNCCOCCCC)CCCC1. The van der Waals surface area contributed by atoms with Crippen molar-refractivity contribution in [3.05, 3.63) is 36.5 Å². The van der Waals surface area contributed by atoms with E-state index in [2.05, 4.69) is 18.8 Å². The van der Waals surface area contributed by atoms with Crippen LogP contribution in [0, 0.1) is 5.41 Å². The molecule has 0 aliphatic heterocycles. The lowest BCUT2D eigenvalue weighted by Gasteiger charge is -2.29. The maximum atomic E-state index is 12.8. The molecule has 3 heteroatoms. The van der Waals surface area contributed by atoms with Crippen LogP contribution in [0.1, 0.15) is 52.4 Å². The van der Waals surface area contributed by atoms with Crippen molar-refractivity contribution >= 4 is 5.78 Å². The third-order valence-corrected chi connectivity index (χ3v) is 4.58. The first-order chi connectivity index (χ1) is 11.2. The van der Waals surface area contributed by atoms with Crippen LogP contribution in [0.4, 0.5) is 0 Å². The molecule has 1 aliphatic rings. The minimum absolute atomic E-state index is 0.291. The van der Waals surface area contributed by atoms with Gasteiger partial charge < -0.3 is 10.1 Å². The van der Waals surface area contributed by atoms with Crippen LogP contribution in [-0.4, -0.2) is 32.1 Å². The zero-order chi connectivity index (χ0) is 17.0. The fourth-order valence-electron chi connectivity index (χ4n) is 3.19. The number of carbonyl (C=O) groups excluding carboxylic acids is 1. The summed E-state index contributed by atoms with van der Waals surface area (Å²) in [5, 5.41) is 3.24. The number of hydrogen-bond donors (Lipinski definition) is 1. The number of rotatable bonds is 12. The van der Waals surface area contributed by atoms with Gasteiger partial charge in [0.05, 0.1) is 18.6 Å². The van der Waals surface area contributed by atoms with E-state index >= 15 is 0 Å². The van der Waals surface area contributed by atoms with Gasteiger partial charge in [0.2, 0.25) is 0 Å². The fraction of sp³-hybridized carbons (Fsp3) is 0.650. The molecule has 0 amide bonds. The highest BCUT2D eigenvalue weighted by Gasteiger charge is 2.42. The van der Waals surface area contributed by atoms with Gasteiger partial charge in [0, 0.05) is 13.2 Å². The zero-order valence-corrected chi connectivity index (χ0v) is 14.9. The number of allylic oxidation sites excluding steroid dienone is 5. The van der Waals surface area contributed by atoms with Crippen molar-refractivity contribution in [2.24, 2.45) is 5.41 Å². The van der Waals surface area contributed by atoms with Gasteiger partial charge in [0.1, 0.15) is 0 Å². The topological polar surface area (TPSA) is 38.3 Å². The van der Waals surface area contributed by atoms with E-state index in [9.17, 15) is 4.79 Å². The lowest BCUT2D eigenvalue weighted by molar-refractivity contribution is -0.125. The third kappa shape index (κ3) is 6.08. The molecule has 0 atom stereocenters. The Morgan fingerprint density at radius 3 is 2.65 bits per heavy atom. The van der Waals surface area contributed by atoms with Gasteiger partial charge in [-0.1, -0.05) is 57.1 Å². The Kier molecular flexibility index (Phi) is 9.81. The molecule has 0 heterocycles. The summed E-state index contributed by atoms with van der Waals surface area (Å²) in [5.41, 5.74) is 0.733. The molecule has 0 aromatic rings. The van der Waals surface area contributed by atoms with Gasteiger partial charge in [-0.05, 0) is 31.8 Å². The lowest BCUT2D eigenvalue weighted by atomic mass is 9.74. The van der Waals surface area contributed by atoms with Crippen LogP contribution in [-0.2, 0) is 9.53 Å². The Bertz CT molecular complexity index is 417. The molecule has 0 saturated heterocycles. The molecule has 23 heavy (non-hydrogen) atoms. The van der Waals surface area contributed by atoms with Crippen molar-refractivity contribution in [2.45, 2.75) is 52.4 Å². The molecule has 0 spiro atoms. The minimum atomic E-state index is -0.336. The highest BCUT2D eigenvalue weighted by Crippen LogP contribution is 2.45. The molecular weight excluding hydrogens is 286 g/mol. The maximum Gasteiger partial charge on any atom is 0.157 e. The van der Waals surface area contributed by atoms with Gasteiger partial charge >= 0.3 is 0 Å². The molecule has 1 aliphatic carbocycles. The van der Waals surface area contributed by atoms with Gasteiger partial charge in [0.15, 0.2) is 5.78 Å². The molecule has 130 valence electrons. The van der Waals surface area contributed by atoms with Crippen LogP contribution in [0.3, 0.4) is 0 Å². The molecule has 0 bridgehead atoms. The van der Waals surface area contributed by atoms with E-state index in [4.69, 9.17) is 4.74 Å². The predicted molar refractivity (Wildman–Crippen MR) is 97.6 cm³/mol. The van der Waals surface area contributed by atoms with Crippen LogP contribution in [0.2, 0.25) is 0 Å². The van der Waals surface area contributed by atoms with E-state index in [0.717, 1.165) is 57.2 Å². The second kappa shape index (κ2) is 11.4. The number of Topliss-reactive ketones (excluding diaryl/α,β-unsaturated/α-hetero) is 1. The Labute approximate surface area is 141 Å². The van der Waals surface area contributed by atoms with Crippen molar-refractivity contribution in [3.63, 3.8) is 0 Å². The number of carbonyl (C=O) groups is 1. The number of hydrogen-bond acceptors (Lipinski definition) is 3. The maximum absolute atomic E-state index is 12.8. The summed E-state index contributed by atoms with van der Waals surface area (Å²) in [4.78, 5) is 12.8. The van der Waals surface area contributed by atoms with Gasteiger partial charge in [-0.15, -0.1) is 0 Å². The van der Waals surface area contributed by atoms with Crippen molar-refractivity contribution in [3.8, 4) is 0 Å². The Morgan fingerprint density at radius 2 is 2.04 bits per heavy atom. The van der Waals surface area contributed by atoms with Crippen LogP contribution in [0.5, 0.6) is 0 Å². The Morgan fingerprint density at radius 1 is 1.30 bits per heavy atom. The predicted octanol–water partition coefficient (Wildman–Crippen LogP) is 4.21. The monoisotopic (exact) mass is 319 g/mol. The molecule has 1 N–H and O–H groups in total. The van der Waals surface area contributed by atoms with Gasteiger partial charge in [0.25, 0.3) is 0 Å². The van der Waals surface area contributed by atoms with E-state index in [-0.39, 0.29) is 5.41 Å². The van der Waals surface area contributed by atoms with Gasteiger partial charge in [-0.25, -0.2) is 0 Å². The molecule has 0 radical (unpaired) electrons. The quantitative estimate of drug-likeness (QED) is 0.432. The largest absolute Gasteiger partial charge is 0.380 e. The van der Waals surface area contributed by atoms with Crippen molar-refractivity contribution in [2.75, 3.05) is 26.3 Å². The highest BCUT2D eigenvalue weighted by molar-refractivity contribution is 5.90. The average molecular weight is 319 g/mol. The molecule has 1 saturated carbocycles. The van der Waals surface area contributed by atoms with Crippen LogP contribution in [0.15, 0.2) is 36.5 Å². The molecule has 1 fully saturated rings.